The lowest BCUT2D eigenvalue weighted by atomic mass is 10.2. The number of hydrogen-bond acceptors (Lipinski definition) is 3. The van der Waals surface area contributed by atoms with Crippen LogP contribution in [0.2, 0.25) is 10.0 Å². The molecule has 1 amide bonds. The van der Waals surface area contributed by atoms with Gasteiger partial charge in [0.2, 0.25) is 0 Å². The van der Waals surface area contributed by atoms with E-state index in [9.17, 15) is 4.79 Å². The monoisotopic (exact) mass is 410 g/mol. The third kappa shape index (κ3) is 3.59. The summed E-state index contributed by atoms with van der Waals surface area (Å²) in [5.74, 6) is -0.336. The molecule has 2 heterocycles. The van der Waals surface area contributed by atoms with Crippen LogP contribution in [0.25, 0.3) is 11.0 Å². The molecule has 4 rings (SSSR count). The minimum absolute atomic E-state index is 0.298. The molecular weight excluding hydrogens is 395 g/mol. The number of aromatic nitrogens is 3. The van der Waals surface area contributed by atoms with Gasteiger partial charge in [0.25, 0.3) is 5.91 Å². The zero-order chi connectivity index (χ0) is 19.7. The van der Waals surface area contributed by atoms with Crippen molar-refractivity contribution >= 4 is 45.8 Å². The standard InChI is InChI=1S/C21H16Cl2N4O/c1-13-18-19(23)17(21(28)25-16-9-7-15(22)8-10-16)11-24-20(18)27(26-13)12-14-5-3-2-4-6-14/h2-11H,12H2,1H3,(H,25,28). The first kappa shape index (κ1) is 18.5. The number of pyridine rings is 1. The van der Waals surface area contributed by atoms with Gasteiger partial charge in [0.15, 0.2) is 5.65 Å². The summed E-state index contributed by atoms with van der Waals surface area (Å²) in [6.07, 6.45) is 1.48. The SMILES string of the molecule is Cc1nn(Cc2ccccc2)c2ncc(C(=O)Nc3ccc(Cl)cc3)c(Cl)c12. The minimum Gasteiger partial charge on any atom is -0.322 e. The fraction of sp³-hybridized carbons (Fsp3) is 0.0952. The Hall–Kier alpha value is -2.89. The van der Waals surface area contributed by atoms with E-state index in [1.165, 1.54) is 6.20 Å². The average molecular weight is 411 g/mol. The second-order valence-corrected chi connectivity index (χ2v) is 7.19. The Balaban J connectivity index is 1.68. The highest BCUT2D eigenvalue weighted by Crippen LogP contribution is 2.29. The molecule has 0 unspecified atom stereocenters. The Bertz CT molecular complexity index is 1150. The van der Waals surface area contributed by atoms with Gasteiger partial charge in [-0.1, -0.05) is 53.5 Å². The predicted molar refractivity (Wildman–Crippen MR) is 112 cm³/mol. The molecule has 0 atom stereocenters. The number of nitrogens with zero attached hydrogens (tertiary/aromatic N) is 3. The van der Waals surface area contributed by atoms with Crippen molar-refractivity contribution in [2.75, 3.05) is 5.32 Å². The molecule has 0 aliphatic heterocycles. The normalized spacial score (nSPS) is 11.0. The molecule has 2 aromatic heterocycles. The third-order valence-corrected chi connectivity index (χ3v) is 5.04. The quantitative estimate of drug-likeness (QED) is 0.493. The van der Waals surface area contributed by atoms with Gasteiger partial charge >= 0.3 is 0 Å². The van der Waals surface area contributed by atoms with Crippen LogP contribution >= 0.6 is 23.2 Å². The number of anilines is 1. The Labute approximate surface area is 171 Å². The van der Waals surface area contributed by atoms with Gasteiger partial charge in [-0.15, -0.1) is 0 Å². The van der Waals surface area contributed by atoms with Gasteiger partial charge in [-0.05, 0) is 36.8 Å². The van der Waals surface area contributed by atoms with Crippen LogP contribution < -0.4 is 5.32 Å². The van der Waals surface area contributed by atoms with E-state index in [4.69, 9.17) is 23.2 Å². The maximum atomic E-state index is 12.7. The van der Waals surface area contributed by atoms with Gasteiger partial charge in [0.05, 0.1) is 28.2 Å². The lowest BCUT2D eigenvalue weighted by Gasteiger charge is -2.08. The van der Waals surface area contributed by atoms with Crippen LogP contribution in [0.5, 0.6) is 0 Å². The molecule has 0 saturated carbocycles. The lowest BCUT2D eigenvalue weighted by Crippen LogP contribution is -2.13. The molecule has 0 aliphatic rings. The van der Waals surface area contributed by atoms with Gasteiger partial charge in [-0.25, -0.2) is 9.67 Å². The molecule has 0 bridgehead atoms. The van der Waals surface area contributed by atoms with E-state index < -0.39 is 0 Å². The Kier molecular flexibility index (Phi) is 5.03. The van der Waals surface area contributed by atoms with Crippen LogP contribution in [0, 0.1) is 6.92 Å². The van der Waals surface area contributed by atoms with Crippen LogP contribution in [0.3, 0.4) is 0 Å². The summed E-state index contributed by atoms with van der Waals surface area (Å²) in [5, 5.41) is 8.99. The van der Waals surface area contributed by atoms with E-state index in [2.05, 4.69) is 15.4 Å². The smallest absolute Gasteiger partial charge is 0.258 e. The number of hydrogen-bond donors (Lipinski definition) is 1. The molecule has 7 heteroatoms. The number of carbonyl (C=O) groups excluding carboxylic acids is 1. The lowest BCUT2D eigenvalue weighted by molar-refractivity contribution is 0.102. The summed E-state index contributed by atoms with van der Waals surface area (Å²) in [4.78, 5) is 17.1. The summed E-state index contributed by atoms with van der Waals surface area (Å²) in [5.41, 5.74) is 3.40. The van der Waals surface area contributed by atoms with E-state index in [1.807, 2.05) is 37.3 Å². The second kappa shape index (κ2) is 7.62. The molecular formula is C21H16Cl2N4O. The summed E-state index contributed by atoms with van der Waals surface area (Å²) >= 11 is 12.5. The fourth-order valence-electron chi connectivity index (χ4n) is 3.03. The Morgan fingerprint density at radius 2 is 1.79 bits per heavy atom. The van der Waals surface area contributed by atoms with Crippen LogP contribution in [-0.4, -0.2) is 20.7 Å². The first-order chi connectivity index (χ1) is 13.5. The highest BCUT2D eigenvalue weighted by Gasteiger charge is 2.19. The zero-order valence-electron chi connectivity index (χ0n) is 15.0. The van der Waals surface area contributed by atoms with Crippen molar-refractivity contribution in [3.05, 3.63) is 87.7 Å². The van der Waals surface area contributed by atoms with Crippen LogP contribution in [-0.2, 0) is 6.54 Å². The van der Waals surface area contributed by atoms with Crippen LogP contribution in [0.15, 0.2) is 60.8 Å². The number of amides is 1. The highest BCUT2D eigenvalue weighted by molar-refractivity contribution is 6.39. The van der Waals surface area contributed by atoms with Crippen molar-refractivity contribution in [1.82, 2.24) is 14.8 Å². The van der Waals surface area contributed by atoms with Crippen molar-refractivity contribution in [2.24, 2.45) is 0 Å². The molecule has 0 fully saturated rings. The maximum absolute atomic E-state index is 12.7. The number of fused-ring (bicyclic) bond motifs is 1. The molecule has 2 aromatic carbocycles. The minimum atomic E-state index is -0.336. The number of rotatable bonds is 4. The van der Waals surface area contributed by atoms with Crippen LogP contribution in [0.1, 0.15) is 21.6 Å². The maximum Gasteiger partial charge on any atom is 0.258 e. The molecule has 1 N–H and O–H groups in total. The van der Waals surface area contributed by atoms with E-state index >= 15 is 0 Å². The van der Waals surface area contributed by atoms with E-state index in [1.54, 1.807) is 28.9 Å². The molecule has 0 saturated heterocycles. The fourth-order valence-corrected chi connectivity index (χ4v) is 3.51. The summed E-state index contributed by atoms with van der Waals surface area (Å²) in [7, 11) is 0. The Morgan fingerprint density at radius 3 is 2.50 bits per heavy atom. The first-order valence-corrected chi connectivity index (χ1v) is 9.41. The average Bonchev–Trinajstić information content (AvgIpc) is 3.01. The van der Waals surface area contributed by atoms with E-state index in [0.29, 0.717) is 38.9 Å². The van der Waals surface area contributed by atoms with Crippen molar-refractivity contribution < 1.29 is 4.79 Å². The number of nitrogens with one attached hydrogen (secondary N) is 1. The largest absolute Gasteiger partial charge is 0.322 e. The summed E-state index contributed by atoms with van der Waals surface area (Å²) in [6.45, 7) is 2.43. The topological polar surface area (TPSA) is 59.8 Å². The van der Waals surface area contributed by atoms with Gasteiger partial charge in [-0.2, -0.15) is 5.10 Å². The molecule has 4 aromatic rings. The van der Waals surface area contributed by atoms with Gasteiger partial charge in [-0.3, -0.25) is 4.79 Å². The van der Waals surface area contributed by atoms with Crippen molar-refractivity contribution in [3.8, 4) is 0 Å². The number of carbonyl (C=O) groups is 1. The number of benzene rings is 2. The molecule has 28 heavy (non-hydrogen) atoms. The number of halogens is 2. The molecule has 5 nitrogen and oxygen atoms in total. The summed E-state index contributed by atoms with van der Waals surface area (Å²) in [6, 6.07) is 16.8. The summed E-state index contributed by atoms with van der Waals surface area (Å²) < 4.78 is 1.80. The van der Waals surface area contributed by atoms with Gasteiger partial charge in [0.1, 0.15) is 0 Å². The van der Waals surface area contributed by atoms with E-state index in [0.717, 1.165) is 11.3 Å². The van der Waals surface area contributed by atoms with E-state index in [-0.39, 0.29) is 5.91 Å². The van der Waals surface area contributed by atoms with Gasteiger partial charge in [0, 0.05) is 16.9 Å². The molecule has 0 aliphatic carbocycles. The zero-order valence-corrected chi connectivity index (χ0v) is 16.5. The molecule has 0 spiro atoms. The third-order valence-electron chi connectivity index (χ3n) is 4.39. The first-order valence-electron chi connectivity index (χ1n) is 8.65. The molecule has 0 radical (unpaired) electrons. The van der Waals surface area contributed by atoms with Crippen molar-refractivity contribution in [1.29, 1.82) is 0 Å². The van der Waals surface area contributed by atoms with Gasteiger partial charge < -0.3 is 5.32 Å². The predicted octanol–water partition coefficient (Wildman–Crippen LogP) is 5.35. The molecule has 140 valence electrons. The van der Waals surface area contributed by atoms with Crippen LogP contribution in [0.4, 0.5) is 5.69 Å². The Morgan fingerprint density at radius 1 is 1.07 bits per heavy atom. The highest BCUT2D eigenvalue weighted by atomic mass is 35.5. The van der Waals surface area contributed by atoms with Crippen molar-refractivity contribution in [3.63, 3.8) is 0 Å². The number of aryl methyl sites for hydroxylation is 1. The van der Waals surface area contributed by atoms with Crippen molar-refractivity contribution in [2.45, 2.75) is 13.5 Å². The second-order valence-electron chi connectivity index (χ2n) is 6.37.